The van der Waals surface area contributed by atoms with Crippen LogP contribution in [0.3, 0.4) is 0 Å². The second-order valence-corrected chi connectivity index (χ2v) is 6.18. The van der Waals surface area contributed by atoms with Crippen molar-refractivity contribution in [1.82, 2.24) is 5.32 Å². The van der Waals surface area contributed by atoms with E-state index >= 15 is 0 Å². The first-order valence-corrected chi connectivity index (χ1v) is 9.00. The zero-order chi connectivity index (χ0) is 19.8. The van der Waals surface area contributed by atoms with Crippen LogP contribution < -0.4 is 10.6 Å². The number of nitrogens with zero attached hydrogens (tertiary/aromatic N) is 1. The molecular weight excluding hydrogens is 357 g/mol. The van der Waals surface area contributed by atoms with Crippen molar-refractivity contribution < 1.29 is 13.6 Å². The van der Waals surface area contributed by atoms with Crippen molar-refractivity contribution >= 4 is 11.6 Å². The van der Waals surface area contributed by atoms with Crippen LogP contribution in [0.4, 0.5) is 10.1 Å². The molecule has 0 fully saturated rings. The third-order valence-electron chi connectivity index (χ3n) is 4.21. The van der Waals surface area contributed by atoms with Gasteiger partial charge in [0.05, 0.1) is 5.69 Å². The molecule has 3 rings (SSSR count). The maximum Gasteiger partial charge on any atom is 0.220 e. The van der Waals surface area contributed by atoms with E-state index in [9.17, 15) is 9.18 Å². The lowest BCUT2D eigenvalue weighted by Gasteiger charge is -2.09. The van der Waals surface area contributed by atoms with E-state index in [2.05, 4.69) is 10.6 Å². The van der Waals surface area contributed by atoms with Gasteiger partial charge >= 0.3 is 0 Å². The first kappa shape index (κ1) is 19.2. The molecule has 0 saturated carbocycles. The molecule has 0 atom stereocenters. The van der Waals surface area contributed by atoms with E-state index in [4.69, 9.17) is 9.68 Å². The zero-order valence-corrected chi connectivity index (χ0v) is 15.2. The topological polar surface area (TPSA) is 78.1 Å². The number of benzene rings is 2. The quantitative estimate of drug-likeness (QED) is 0.579. The van der Waals surface area contributed by atoms with Gasteiger partial charge in [-0.15, -0.1) is 0 Å². The number of amides is 1. The molecule has 2 N–H and O–H groups in total. The second-order valence-electron chi connectivity index (χ2n) is 6.18. The predicted molar refractivity (Wildman–Crippen MR) is 105 cm³/mol. The molecule has 0 radical (unpaired) electrons. The van der Waals surface area contributed by atoms with Crippen LogP contribution in [-0.2, 0) is 11.2 Å². The Morgan fingerprint density at radius 2 is 1.86 bits per heavy atom. The van der Waals surface area contributed by atoms with Crippen LogP contribution in [0.2, 0.25) is 0 Å². The molecule has 2 aromatic carbocycles. The highest BCUT2D eigenvalue weighted by Gasteiger charge is 2.09. The summed E-state index contributed by atoms with van der Waals surface area (Å²) in [5.41, 5.74) is 1.39. The van der Waals surface area contributed by atoms with Gasteiger partial charge in [0.1, 0.15) is 29.0 Å². The molecular formula is C22H20FN3O2. The van der Waals surface area contributed by atoms with E-state index < -0.39 is 5.82 Å². The van der Waals surface area contributed by atoms with Crippen LogP contribution in [0.5, 0.6) is 0 Å². The number of carbonyl (C=O) groups excluding carboxylic acids is 1. The van der Waals surface area contributed by atoms with E-state index in [1.807, 2.05) is 48.5 Å². The van der Waals surface area contributed by atoms with E-state index in [1.54, 1.807) is 6.07 Å². The Morgan fingerprint density at radius 3 is 2.64 bits per heavy atom. The van der Waals surface area contributed by atoms with Gasteiger partial charge in [0.2, 0.25) is 5.91 Å². The van der Waals surface area contributed by atoms with E-state index in [-0.39, 0.29) is 11.5 Å². The maximum absolute atomic E-state index is 13.5. The third kappa shape index (κ3) is 4.98. The highest BCUT2D eigenvalue weighted by molar-refractivity contribution is 5.76. The smallest absolute Gasteiger partial charge is 0.220 e. The van der Waals surface area contributed by atoms with Gasteiger partial charge in [0.15, 0.2) is 0 Å². The number of nitrogens with one attached hydrogen (secondary N) is 2. The number of halogens is 1. The van der Waals surface area contributed by atoms with Gasteiger partial charge in [-0.25, -0.2) is 4.39 Å². The summed E-state index contributed by atoms with van der Waals surface area (Å²) in [6, 6.07) is 19.8. The molecule has 3 aromatic rings. The van der Waals surface area contributed by atoms with Crippen LogP contribution in [0.1, 0.15) is 17.7 Å². The molecule has 0 aliphatic heterocycles. The first-order valence-electron chi connectivity index (χ1n) is 9.00. The van der Waals surface area contributed by atoms with Gasteiger partial charge in [-0.3, -0.25) is 4.79 Å². The van der Waals surface area contributed by atoms with Crippen LogP contribution in [0.15, 0.2) is 65.1 Å². The van der Waals surface area contributed by atoms with Crippen LogP contribution in [0.25, 0.3) is 11.3 Å². The molecule has 1 heterocycles. The first-order chi connectivity index (χ1) is 13.7. The minimum Gasteiger partial charge on any atom is -0.461 e. The fourth-order valence-electron chi connectivity index (χ4n) is 2.78. The highest BCUT2D eigenvalue weighted by Crippen LogP contribution is 2.22. The lowest BCUT2D eigenvalue weighted by molar-refractivity contribution is -0.121. The Hall–Kier alpha value is -3.59. The fraction of sp³-hybridized carbons (Fsp3) is 0.182. The number of aryl methyl sites for hydroxylation is 1. The summed E-state index contributed by atoms with van der Waals surface area (Å²) in [5.74, 6) is 0.873. The molecule has 1 amide bonds. The maximum atomic E-state index is 13.5. The summed E-state index contributed by atoms with van der Waals surface area (Å²) in [6.45, 7) is 0.760. The Morgan fingerprint density at radius 1 is 1.04 bits per heavy atom. The van der Waals surface area contributed by atoms with Crippen LogP contribution in [0, 0.1) is 17.1 Å². The Balaban J connectivity index is 1.40. The van der Waals surface area contributed by atoms with Crippen LogP contribution >= 0.6 is 0 Å². The minimum absolute atomic E-state index is 0.0270. The molecule has 1 aromatic heterocycles. The number of rotatable bonds is 8. The normalized spacial score (nSPS) is 10.3. The molecule has 28 heavy (non-hydrogen) atoms. The Kier molecular flexibility index (Phi) is 6.42. The summed E-state index contributed by atoms with van der Waals surface area (Å²) in [6.07, 6.45) is 0.819. The number of carbonyl (C=O) groups is 1. The zero-order valence-electron chi connectivity index (χ0n) is 15.2. The second kappa shape index (κ2) is 9.38. The summed E-state index contributed by atoms with van der Waals surface area (Å²) < 4.78 is 19.3. The van der Waals surface area contributed by atoms with Gasteiger partial charge < -0.3 is 15.1 Å². The van der Waals surface area contributed by atoms with Gasteiger partial charge in [0, 0.05) is 31.5 Å². The van der Waals surface area contributed by atoms with Gasteiger partial charge in [-0.05, 0) is 24.3 Å². The van der Waals surface area contributed by atoms with Gasteiger partial charge in [-0.1, -0.05) is 36.4 Å². The Labute approximate surface area is 162 Å². The average Bonchev–Trinajstić information content (AvgIpc) is 3.19. The van der Waals surface area contributed by atoms with Gasteiger partial charge in [0.25, 0.3) is 0 Å². The van der Waals surface area contributed by atoms with Crippen molar-refractivity contribution in [1.29, 1.82) is 5.26 Å². The van der Waals surface area contributed by atoms with E-state index in [0.717, 1.165) is 17.1 Å². The largest absolute Gasteiger partial charge is 0.461 e. The number of furan rings is 1. The van der Waals surface area contributed by atoms with Crippen molar-refractivity contribution in [2.75, 3.05) is 18.4 Å². The highest BCUT2D eigenvalue weighted by atomic mass is 19.1. The monoisotopic (exact) mass is 377 g/mol. The standard InChI is InChI=1S/C22H20FN3O2/c23-19-7-4-8-20(18(19)15-24)25-13-14-26-22(27)12-10-17-9-11-21(28-17)16-5-2-1-3-6-16/h1-9,11,25H,10,12-14H2,(H,26,27). The number of anilines is 1. The van der Waals surface area contributed by atoms with Crippen molar-refractivity contribution in [3.63, 3.8) is 0 Å². The molecule has 0 aliphatic carbocycles. The number of hydrogen-bond acceptors (Lipinski definition) is 4. The molecule has 0 aliphatic rings. The number of nitriles is 1. The Bertz CT molecular complexity index is 977. The molecule has 0 saturated heterocycles. The van der Waals surface area contributed by atoms with E-state index in [1.165, 1.54) is 12.1 Å². The predicted octanol–water partition coefficient (Wildman–Crippen LogP) is 4.12. The van der Waals surface area contributed by atoms with Gasteiger partial charge in [-0.2, -0.15) is 5.26 Å². The summed E-state index contributed by atoms with van der Waals surface area (Å²) >= 11 is 0. The summed E-state index contributed by atoms with van der Waals surface area (Å²) in [4.78, 5) is 12.0. The molecule has 5 nitrogen and oxygen atoms in total. The SMILES string of the molecule is N#Cc1c(F)cccc1NCCNC(=O)CCc1ccc(-c2ccccc2)o1. The van der Waals surface area contributed by atoms with Crippen molar-refractivity contribution in [3.05, 3.63) is 77.8 Å². The molecule has 0 unspecified atom stereocenters. The molecule has 6 heteroatoms. The number of hydrogen-bond donors (Lipinski definition) is 2. The van der Waals surface area contributed by atoms with Crippen molar-refractivity contribution in [2.24, 2.45) is 0 Å². The summed E-state index contributed by atoms with van der Waals surface area (Å²) in [7, 11) is 0. The summed E-state index contributed by atoms with van der Waals surface area (Å²) in [5, 5.41) is 14.7. The lowest BCUT2D eigenvalue weighted by atomic mass is 10.2. The fourth-order valence-corrected chi connectivity index (χ4v) is 2.78. The average molecular weight is 377 g/mol. The van der Waals surface area contributed by atoms with E-state index in [0.29, 0.717) is 31.6 Å². The van der Waals surface area contributed by atoms with Crippen molar-refractivity contribution in [2.45, 2.75) is 12.8 Å². The molecule has 142 valence electrons. The lowest BCUT2D eigenvalue weighted by Crippen LogP contribution is -2.29. The molecule has 0 spiro atoms. The molecule has 0 bridgehead atoms. The van der Waals surface area contributed by atoms with Crippen LogP contribution in [-0.4, -0.2) is 19.0 Å². The third-order valence-corrected chi connectivity index (χ3v) is 4.21. The minimum atomic E-state index is -0.565. The van der Waals surface area contributed by atoms with Crippen molar-refractivity contribution in [3.8, 4) is 17.4 Å².